The molecule has 1 aromatic rings. The lowest BCUT2D eigenvalue weighted by atomic mass is 9.99. The van der Waals surface area contributed by atoms with Gasteiger partial charge in [-0.3, -0.25) is 0 Å². The van der Waals surface area contributed by atoms with E-state index in [2.05, 4.69) is 13.8 Å². The Kier molecular flexibility index (Phi) is 4.08. The van der Waals surface area contributed by atoms with Crippen molar-refractivity contribution in [3.05, 3.63) is 33.8 Å². The molecule has 0 saturated heterocycles. The van der Waals surface area contributed by atoms with Crippen molar-refractivity contribution in [1.82, 2.24) is 0 Å². The van der Waals surface area contributed by atoms with Gasteiger partial charge >= 0.3 is 0 Å². The number of benzene rings is 1. The lowest BCUT2D eigenvalue weighted by Gasteiger charge is -2.11. The molecule has 0 heterocycles. The van der Waals surface area contributed by atoms with Crippen LogP contribution >= 0.6 is 23.2 Å². The second-order valence-corrected chi connectivity index (χ2v) is 4.23. The Hall–Kier alpha value is -0.200. The average molecular weight is 217 g/mol. The van der Waals surface area contributed by atoms with Gasteiger partial charge in [0.25, 0.3) is 0 Å². The summed E-state index contributed by atoms with van der Waals surface area (Å²) < 4.78 is 0. The van der Waals surface area contributed by atoms with Crippen molar-refractivity contribution in [2.24, 2.45) is 5.92 Å². The standard InChI is InChI=1S/C11H14Cl2/c1-3-8(2)7-9-10(12)5-4-6-11(9)13/h4-6,8H,3,7H2,1-2H3. The van der Waals surface area contributed by atoms with Gasteiger partial charge in [0.1, 0.15) is 0 Å². The van der Waals surface area contributed by atoms with Gasteiger partial charge in [-0.15, -0.1) is 0 Å². The summed E-state index contributed by atoms with van der Waals surface area (Å²) in [5, 5.41) is 1.57. The second-order valence-electron chi connectivity index (χ2n) is 3.42. The monoisotopic (exact) mass is 216 g/mol. The maximum Gasteiger partial charge on any atom is 0.0452 e. The van der Waals surface area contributed by atoms with Crippen molar-refractivity contribution in [2.75, 3.05) is 0 Å². The van der Waals surface area contributed by atoms with Gasteiger partial charge in [0.05, 0.1) is 0 Å². The fourth-order valence-corrected chi connectivity index (χ4v) is 1.77. The Balaban J connectivity index is 2.87. The summed E-state index contributed by atoms with van der Waals surface area (Å²) >= 11 is 12.1. The Morgan fingerprint density at radius 3 is 2.23 bits per heavy atom. The third-order valence-electron chi connectivity index (χ3n) is 2.31. The first-order valence-electron chi connectivity index (χ1n) is 4.58. The summed E-state index contributed by atoms with van der Waals surface area (Å²) in [4.78, 5) is 0. The van der Waals surface area contributed by atoms with Gasteiger partial charge in [-0.2, -0.15) is 0 Å². The highest BCUT2D eigenvalue weighted by Gasteiger charge is 2.08. The van der Waals surface area contributed by atoms with Gasteiger partial charge in [0.2, 0.25) is 0 Å². The maximum absolute atomic E-state index is 6.05. The minimum absolute atomic E-state index is 0.636. The summed E-state index contributed by atoms with van der Waals surface area (Å²) in [6.45, 7) is 4.38. The van der Waals surface area contributed by atoms with Crippen LogP contribution in [0.1, 0.15) is 25.8 Å². The molecule has 0 aromatic heterocycles. The molecule has 0 saturated carbocycles. The molecule has 1 unspecified atom stereocenters. The third-order valence-corrected chi connectivity index (χ3v) is 3.02. The van der Waals surface area contributed by atoms with E-state index in [4.69, 9.17) is 23.2 Å². The van der Waals surface area contributed by atoms with Gasteiger partial charge in [0.15, 0.2) is 0 Å². The van der Waals surface area contributed by atoms with E-state index in [0.29, 0.717) is 5.92 Å². The summed E-state index contributed by atoms with van der Waals surface area (Å²) in [5.74, 6) is 0.636. The molecule has 0 aliphatic heterocycles. The summed E-state index contributed by atoms with van der Waals surface area (Å²) in [6, 6.07) is 5.67. The van der Waals surface area contributed by atoms with Gasteiger partial charge in [-0.1, -0.05) is 49.5 Å². The molecule has 13 heavy (non-hydrogen) atoms. The van der Waals surface area contributed by atoms with E-state index in [0.717, 1.165) is 28.5 Å². The molecular formula is C11H14Cl2. The zero-order valence-corrected chi connectivity index (χ0v) is 9.49. The predicted molar refractivity (Wildman–Crippen MR) is 59.6 cm³/mol. The predicted octanol–water partition coefficient (Wildman–Crippen LogP) is 4.58. The first-order chi connectivity index (χ1) is 6.15. The smallest absolute Gasteiger partial charge is 0.0452 e. The quantitative estimate of drug-likeness (QED) is 0.694. The normalized spacial score (nSPS) is 12.9. The minimum Gasteiger partial charge on any atom is -0.0840 e. The average Bonchev–Trinajstić information content (AvgIpc) is 2.11. The molecule has 0 amide bonds. The summed E-state index contributed by atoms with van der Waals surface area (Å²) in [5.41, 5.74) is 1.08. The van der Waals surface area contributed by atoms with E-state index in [1.807, 2.05) is 18.2 Å². The molecule has 0 nitrogen and oxygen atoms in total. The van der Waals surface area contributed by atoms with Crippen LogP contribution in [0.5, 0.6) is 0 Å². The SMILES string of the molecule is CCC(C)Cc1c(Cl)cccc1Cl. The number of halogens is 2. The van der Waals surface area contributed by atoms with Crippen LogP contribution in [0.25, 0.3) is 0 Å². The van der Waals surface area contributed by atoms with E-state index in [-0.39, 0.29) is 0 Å². The molecule has 72 valence electrons. The molecule has 1 atom stereocenters. The Labute approximate surface area is 89.9 Å². The van der Waals surface area contributed by atoms with Crippen LogP contribution in [-0.4, -0.2) is 0 Å². The van der Waals surface area contributed by atoms with Crippen molar-refractivity contribution in [3.8, 4) is 0 Å². The lowest BCUT2D eigenvalue weighted by Crippen LogP contribution is -1.99. The molecule has 0 aliphatic rings. The largest absolute Gasteiger partial charge is 0.0840 e. The Morgan fingerprint density at radius 1 is 1.23 bits per heavy atom. The van der Waals surface area contributed by atoms with Gasteiger partial charge in [-0.25, -0.2) is 0 Å². The van der Waals surface area contributed by atoms with Crippen molar-refractivity contribution < 1.29 is 0 Å². The van der Waals surface area contributed by atoms with Crippen molar-refractivity contribution in [3.63, 3.8) is 0 Å². The zero-order valence-electron chi connectivity index (χ0n) is 7.98. The fourth-order valence-electron chi connectivity index (χ4n) is 1.22. The number of hydrogen-bond acceptors (Lipinski definition) is 0. The molecule has 2 heteroatoms. The van der Waals surface area contributed by atoms with E-state index in [1.165, 1.54) is 0 Å². The van der Waals surface area contributed by atoms with Gasteiger partial charge < -0.3 is 0 Å². The molecule has 1 aromatic carbocycles. The molecule has 0 spiro atoms. The van der Waals surface area contributed by atoms with Crippen LogP contribution in [0.2, 0.25) is 10.0 Å². The molecular weight excluding hydrogens is 203 g/mol. The molecule has 0 aliphatic carbocycles. The van der Waals surface area contributed by atoms with Crippen LogP contribution in [0.15, 0.2) is 18.2 Å². The highest BCUT2D eigenvalue weighted by molar-refractivity contribution is 6.35. The van der Waals surface area contributed by atoms with E-state index < -0.39 is 0 Å². The van der Waals surface area contributed by atoms with Crippen molar-refractivity contribution >= 4 is 23.2 Å². The van der Waals surface area contributed by atoms with Crippen LogP contribution in [0.4, 0.5) is 0 Å². The topological polar surface area (TPSA) is 0 Å². The first kappa shape index (κ1) is 10.9. The highest BCUT2D eigenvalue weighted by Crippen LogP contribution is 2.27. The minimum atomic E-state index is 0.636. The molecule has 0 bridgehead atoms. The second kappa shape index (κ2) is 4.88. The zero-order chi connectivity index (χ0) is 9.84. The molecule has 1 rings (SSSR count). The number of hydrogen-bond donors (Lipinski definition) is 0. The fraction of sp³-hybridized carbons (Fsp3) is 0.455. The van der Waals surface area contributed by atoms with E-state index >= 15 is 0 Å². The van der Waals surface area contributed by atoms with Crippen molar-refractivity contribution in [1.29, 1.82) is 0 Å². The van der Waals surface area contributed by atoms with Crippen LogP contribution in [-0.2, 0) is 6.42 Å². The number of rotatable bonds is 3. The van der Waals surface area contributed by atoms with Crippen LogP contribution in [0, 0.1) is 5.92 Å². The van der Waals surface area contributed by atoms with E-state index in [1.54, 1.807) is 0 Å². The lowest BCUT2D eigenvalue weighted by molar-refractivity contribution is 0.560. The van der Waals surface area contributed by atoms with E-state index in [9.17, 15) is 0 Å². The third kappa shape index (κ3) is 2.89. The molecule has 0 radical (unpaired) electrons. The Bertz CT molecular complexity index is 261. The molecule has 0 N–H and O–H groups in total. The summed E-state index contributed by atoms with van der Waals surface area (Å²) in [6.07, 6.45) is 2.12. The first-order valence-corrected chi connectivity index (χ1v) is 5.33. The van der Waals surface area contributed by atoms with Gasteiger partial charge in [-0.05, 0) is 30.0 Å². The highest BCUT2D eigenvalue weighted by atomic mass is 35.5. The molecule has 0 fully saturated rings. The van der Waals surface area contributed by atoms with Crippen LogP contribution in [0.3, 0.4) is 0 Å². The Morgan fingerprint density at radius 2 is 1.77 bits per heavy atom. The maximum atomic E-state index is 6.05. The van der Waals surface area contributed by atoms with Gasteiger partial charge in [0, 0.05) is 10.0 Å². The van der Waals surface area contributed by atoms with Crippen LogP contribution < -0.4 is 0 Å². The van der Waals surface area contributed by atoms with Crippen molar-refractivity contribution in [2.45, 2.75) is 26.7 Å². The summed E-state index contributed by atoms with van der Waals surface area (Å²) in [7, 11) is 0.